The fraction of sp³-hybridized carbons (Fsp3) is 0.150. The monoisotopic (exact) mass is 366 g/mol. The van der Waals surface area contributed by atoms with Crippen molar-refractivity contribution >= 4 is 23.2 Å². The molecule has 1 heterocycles. The van der Waals surface area contributed by atoms with Gasteiger partial charge in [0.1, 0.15) is 5.82 Å². The highest BCUT2D eigenvalue weighted by Gasteiger charge is 2.15. The Morgan fingerprint density at radius 3 is 2.41 bits per heavy atom. The standard InChI is InChI=1S/C20H19FN4O2/c1-12-9-14(7-8-17(12)21)19-11-18(24-25(19)3)20(27)23-16-6-4-5-15(10-16)22-13(2)26/h4-11H,1-3H3,(H,22,26)(H,23,27). The summed E-state index contributed by atoms with van der Waals surface area (Å²) in [6, 6.07) is 13.2. The molecule has 0 saturated carbocycles. The van der Waals surface area contributed by atoms with Gasteiger partial charge in [0.05, 0.1) is 5.69 Å². The van der Waals surface area contributed by atoms with Gasteiger partial charge in [-0.3, -0.25) is 14.3 Å². The van der Waals surface area contributed by atoms with Crippen molar-refractivity contribution in [3.63, 3.8) is 0 Å². The van der Waals surface area contributed by atoms with Gasteiger partial charge in [-0.1, -0.05) is 6.07 Å². The third kappa shape index (κ3) is 4.20. The van der Waals surface area contributed by atoms with Gasteiger partial charge < -0.3 is 10.6 Å². The van der Waals surface area contributed by atoms with Crippen LogP contribution in [0.15, 0.2) is 48.5 Å². The van der Waals surface area contributed by atoms with Gasteiger partial charge in [0.2, 0.25) is 5.91 Å². The second kappa shape index (κ2) is 7.41. The molecule has 0 aliphatic heterocycles. The first-order valence-corrected chi connectivity index (χ1v) is 8.33. The highest BCUT2D eigenvalue weighted by molar-refractivity contribution is 6.04. The molecule has 0 unspecified atom stereocenters. The van der Waals surface area contributed by atoms with Gasteiger partial charge in [-0.15, -0.1) is 0 Å². The van der Waals surface area contributed by atoms with Gasteiger partial charge >= 0.3 is 0 Å². The Balaban J connectivity index is 1.82. The number of hydrogen-bond donors (Lipinski definition) is 2. The van der Waals surface area contributed by atoms with Crippen LogP contribution in [-0.2, 0) is 11.8 Å². The number of rotatable bonds is 4. The number of nitrogens with zero attached hydrogens (tertiary/aromatic N) is 2. The Labute approximate surface area is 156 Å². The molecular weight excluding hydrogens is 347 g/mol. The highest BCUT2D eigenvalue weighted by atomic mass is 19.1. The number of carbonyl (C=O) groups excluding carboxylic acids is 2. The van der Waals surface area contributed by atoms with Crippen molar-refractivity contribution in [1.29, 1.82) is 0 Å². The molecule has 7 heteroatoms. The Morgan fingerprint density at radius 2 is 1.74 bits per heavy atom. The van der Waals surface area contributed by atoms with Crippen LogP contribution < -0.4 is 10.6 Å². The van der Waals surface area contributed by atoms with E-state index in [1.807, 2.05) is 0 Å². The third-order valence-electron chi connectivity index (χ3n) is 4.01. The molecule has 1 aromatic heterocycles. The zero-order valence-electron chi connectivity index (χ0n) is 15.2. The van der Waals surface area contributed by atoms with Crippen LogP contribution in [0.3, 0.4) is 0 Å². The number of nitrogens with one attached hydrogen (secondary N) is 2. The number of halogens is 1. The summed E-state index contributed by atoms with van der Waals surface area (Å²) in [6.45, 7) is 3.10. The lowest BCUT2D eigenvalue weighted by atomic mass is 10.1. The van der Waals surface area contributed by atoms with E-state index in [9.17, 15) is 14.0 Å². The minimum absolute atomic E-state index is 0.192. The topological polar surface area (TPSA) is 76.0 Å². The average molecular weight is 366 g/mol. The molecule has 2 amide bonds. The highest BCUT2D eigenvalue weighted by Crippen LogP contribution is 2.23. The second-order valence-electron chi connectivity index (χ2n) is 6.22. The smallest absolute Gasteiger partial charge is 0.276 e. The van der Waals surface area contributed by atoms with Gasteiger partial charge in [0.15, 0.2) is 5.69 Å². The minimum atomic E-state index is -0.379. The maximum atomic E-state index is 13.5. The maximum absolute atomic E-state index is 13.5. The molecule has 0 saturated heterocycles. The largest absolute Gasteiger partial charge is 0.326 e. The lowest BCUT2D eigenvalue weighted by Gasteiger charge is -2.06. The van der Waals surface area contributed by atoms with Gasteiger partial charge in [-0.25, -0.2) is 4.39 Å². The molecule has 0 aliphatic rings. The lowest BCUT2D eigenvalue weighted by molar-refractivity contribution is -0.114. The van der Waals surface area contributed by atoms with E-state index < -0.39 is 0 Å². The average Bonchev–Trinajstić information content (AvgIpc) is 2.99. The number of anilines is 2. The normalized spacial score (nSPS) is 10.5. The summed E-state index contributed by atoms with van der Waals surface area (Å²) in [6.07, 6.45) is 0. The molecule has 138 valence electrons. The van der Waals surface area contributed by atoms with E-state index in [0.717, 1.165) is 5.56 Å². The van der Waals surface area contributed by atoms with E-state index in [1.165, 1.54) is 13.0 Å². The quantitative estimate of drug-likeness (QED) is 0.738. The van der Waals surface area contributed by atoms with Crippen LogP contribution >= 0.6 is 0 Å². The van der Waals surface area contributed by atoms with Crippen LogP contribution in [0.4, 0.5) is 15.8 Å². The van der Waals surface area contributed by atoms with Crippen molar-refractivity contribution in [2.24, 2.45) is 7.05 Å². The Hall–Kier alpha value is -3.48. The zero-order chi connectivity index (χ0) is 19.6. The van der Waals surface area contributed by atoms with Gasteiger partial charge in [-0.05, 0) is 55.0 Å². The first-order chi connectivity index (χ1) is 12.8. The molecule has 0 bridgehead atoms. The van der Waals surface area contributed by atoms with Crippen molar-refractivity contribution in [3.05, 3.63) is 65.6 Å². The summed E-state index contributed by atoms with van der Waals surface area (Å²) in [5.74, 6) is -0.851. The minimum Gasteiger partial charge on any atom is -0.326 e. The van der Waals surface area contributed by atoms with Crippen LogP contribution in [0.5, 0.6) is 0 Å². The Morgan fingerprint density at radius 1 is 1.04 bits per heavy atom. The number of amides is 2. The number of benzene rings is 2. The molecule has 0 fully saturated rings. The fourth-order valence-electron chi connectivity index (χ4n) is 2.73. The van der Waals surface area contributed by atoms with Gasteiger partial charge in [0.25, 0.3) is 5.91 Å². The van der Waals surface area contributed by atoms with Crippen LogP contribution in [0.25, 0.3) is 11.3 Å². The maximum Gasteiger partial charge on any atom is 0.276 e. The third-order valence-corrected chi connectivity index (χ3v) is 4.01. The lowest BCUT2D eigenvalue weighted by Crippen LogP contribution is -2.13. The van der Waals surface area contributed by atoms with Crippen LogP contribution in [0, 0.1) is 12.7 Å². The van der Waals surface area contributed by atoms with Gasteiger partial charge in [0, 0.05) is 30.9 Å². The summed E-state index contributed by atoms with van der Waals surface area (Å²) in [5, 5.41) is 9.67. The fourth-order valence-corrected chi connectivity index (χ4v) is 2.73. The van der Waals surface area contributed by atoms with Crippen molar-refractivity contribution < 1.29 is 14.0 Å². The molecule has 0 radical (unpaired) electrons. The number of aryl methyl sites for hydroxylation is 2. The van der Waals surface area contributed by atoms with Crippen LogP contribution in [-0.4, -0.2) is 21.6 Å². The van der Waals surface area contributed by atoms with Crippen molar-refractivity contribution in [1.82, 2.24) is 9.78 Å². The molecule has 2 N–H and O–H groups in total. The molecule has 3 rings (SSSR count). The molecule has 0 aliphatic carbocycles. The van der Waals surface area contributed by atoms with E-state index >= 15 is 0 Å². The zero-order valence-corrected chi connectivity index (χ0v) is 15.2. The Bertz CT molecular complexity index is 1030. The molecule has 0 spiro atoms. The summed E-state index contributed by atoms with van der Waals surface area (Å²) < 4.78 is 15.1. The van der Waals surface area contributed by atoms with Crippen molar-refractivity contribution in [2.75, 3.05) is 10.6 Å². The summed E-state index contributed by atoms with van der Waals surface area (Å²) in [4.78, 5) is 23.7. The van der Waals surface area contributed by atoms with E-state index in [-0.39, 0.29) is 23.3 Å². The first kappa shape index (κ1) is 18.3. The predicted octanol–water partition coefficient (Wildman–Crippen LogP) is 3.75. The Kier molecular flexibility index (Phi) is 5.03. The molecular formula is C20H19FN4O2. The number of aromatic nitrogens is 2. The number of hydrogen-bond acceptors (Lipinski definition) is 3. The number of carbonyl (C=O) groups is 2. The van der Waals surface area contributed by atoms with E-state index in [4.69, 9.17) is 0 Å². The SMILES string of the molecule is CC(=O)Nc1cccc(NC(=O)c2cc(-c3ccc(F)c(C)c3)n(C)n2)c1. The summed E-state index contributed by atoms with van der Waals surface area (Å²) in [7, 11) is 1.72. The van der Waals surface area contributed by atoms with E-state index in [1.54, 1.807) is 61.1 Å². The van der Waals surface area contributed by atoms with Crippen molar-refractivity contribution in [2.45, 2.75) is 13.8 Å². The summed E-state index contributed by atoms with van der Waals surface area (Å²) >= 11 is 0. The molecule has 2 aromatic carbocycles. The molecule has 27 heavy (non-hydrogen) atoms. The second-order valence-corrected chi connectivity index (χ2v) is 6.22. The van der Waals surface area contributed by atoms with Gasteiger partial charge in [-0.2, -0.15) is 5.10 Å². The van der Waals surface area contributed by atoms with Crippen molar-refractivity contribution in [3.8, 4) is 11.3 Å². The summed E-state index contributed by atoms with van der Waals surface area (Å²) in [5.41, 5.74) is 3.36. The molecule has 6 nitrogen and oxygen atoms in total. The van der Waals surface area contributed by atoms with E-state index in [0.29, 0.717) is 22.6 Å². The van der Waals surface area contributed by atoms with Crippen LogP contribution in [0.2, 0.25) is 0 Å². The predicted molar refractivity (Wildman–Crippen MR) is 102 cm³/mol. The van der Waals surface area contributed by atoms with E-state index in [2.05, 4.69) is 15.7 Å². The molecule has 0 atom stereocenters. The first-order valence-electron chi connectivity index (χ1n) is 8.33. The molecule has 3 aromatic rings. The van der Waals surface area contributed by atoms with Crippen LogP contribution in [0.1, 0.15) is 23.0 Å².